The molecule has 220 valence electrons. The summed E-state index contributed by atoms with van der Waals surface area (Å²) in [4.78, 5) is 54.4. The van der Waals surface area contributed by atoms with Gasteiger partial charge in [0.1, 0.15) is 0 Å². The van der Waals surface area contributed by atoms with Gasteiger partial charge in [0.2, 0.25) is 0 Å². The fraction of sp³-hybridized carbons (Fsp3) is 0.367. The maximum Gasteiger partial charge on any atom is 0.416 e. The number of hydrogen-bond donors (Lipinski definition) is 0. The smallest absolute Gasteiger partial charge is 0.416 e. The highest BCUT2D eigenvalue weighted by molar-refractivity contribution is 6.17. The van der Waals surface area contributed by atoms with E-state index in [2.05, 4.69) is 9.97 Å². The lowest BCUT2D eigenvalue weighted by atomic mass is 9.54. The molecule has 2 aliphatic heterocycles. The van der Waals surface area contributed by atoms with Crippen LogP contribution in [0.4, 0.5) is 13.2 Å². The van der Waals surface area contributed by atoms with Gasteiger partial charge in [0.25, 0.3) is 0 Å². The summed E-state index contributed by atoms with van der Waals surface area (Å²) in [6.07, 6.45) is 1.68. The summed E-state index contributed by atoms with van der Waals surface area (Å²) < 4.78 is 50.2. The highest BCUT2D eigenvalue weighted by Crippen LogP contribution is 2.60. The maximum absolute atomic E-state index is 14.9. The zero-order chi connectivity index (χ0) is 30.3. The number of benzene rings is 1. The first kappa shape index (κ1) is 29.3. The van der Waals surface area contributed by atoms with Crippen molar-refractivity contribution in [1.82, 2.24) is 19.8 Å². The fourth-order valence-electron chi connectivity index (χ4n) is 6.77. The number of esters is 2. The van der Waals surface area contributed by atoms with Crippen LogP contribution < -0.4 is 0 Å². The number of likely N-dealkylation sites (tertiary alicyclic amines) is 2. The van der Waals surface area contributed by atoms with Crippen LogP contribution in [0.2, 0.25) is 0 Å². The second kappa shape index (κ2) is 10.9. The number of Topliss-reactive ketones (excluding diaryl/α,β-unsaturated/α-hetero) is 1. The zero-order valence-corrected chi connectivity index (χ0v) is 23.2. The van der Waals surface area contributed by atoms with E-state index < -0.39 is 52.4 Å². The van der Waals surface area contributed by atoms with E-state index >= 15 is 0 Å². The summed E-state index contributed by atoms with van der Waals surface area (Å²) in [5, 5.41) is 0. The summed E-state index contributed by atoms with van der Waals surface area (Å²) in [6, 6.07) is 9.64. The number of halogens is 3. The van der Waals surface area contributed by atoms with E-state index in [-0.39, 0.29) is 19.6 Å². The van der Waals surface area contributed by atoms with Gasteiger partial charge in [0.15, 0.2) is 16.6 Å². The summed E-state index contributed by atoms with van der Waals surface area (Å²) in [5.74, 6) is -2.31. The van der Waals surface area contributed by atoms with Crippen LogP contribution in [0.5, 0.6) is 0 Å². The Morgan fingerprint density at radius 3 is 1.64 bits per heavy atom. The second-order valence-corrected chi connectivity index (χ2v) is 10.6. The van der Waals surface area contributed by atoms with Crippen molar-refractivity contribution in [2.24, 2.45) is 10.8 Å². The number of nitrogens with zero attached hydrogens (tertiary/aromatic N) is 4. The van der Waals surface area contributed by atoms with Gasteiger partial charge in [0, 0.05) is 44.4 Å². The molecule has 2 bridgehead atoms. The fourth-order valence-corrected chi connectivity index (χ4v) is 6.77. The number of carbonyl (C=O) groups is 3. The van der Waals surface area contributed by atoms with Crippen molar-refractivity contribution in [3.63, 3.8) is 0 Å². The Morgan fingerprint density at radius 1 is 0.833 bits per heavy atom. The number of rotatable bonds is 6. The highest BCUT2D eigenvalue weighted by atomic mass is 19.4. The molecule has 2 fully saturated rings. The molecule has 0 saturated carbocycles. The molecule has 9 nitrogen and oxygen atoms in total. The van der Waals surface area contributed by atoms with Crippen molar-refractivity contribution in [3.05, 3.63) is 95.6 Å². The van der Waals surface area contributed by atoms with Gasteiger partial charge < -0.3 is 9.47 Å². The molecule has 2 aromatic heterocycles. The first-order valence-corrected chi connectivity index (χ1v) is 13.1. The Balaban J connectivity index is 1.73. The Morgan fingerprint density at radius 2 is 1.26 bits per heavy atom. The van der Waals surface area contributed by atoms with Crippen LogP contribution in [0.3, 0.4) is 0 Å². The van der Waals surface area contributed by atoms with Crippen LogP contribution in [0.15, 0.2) is 73.3 Å². The largest absolute Gasteiger partial charge is 0.468 e. The Hall–Kier alpha value is -4.16. The number of methoxy groups -OCH3 is 2. The SMILES string of the molecule is COC(=O)[C@]12CN(Cc3ccc(C(F)(F)F)cc3)C[C@](C(=O)OC)(C1=O)[C@@H](c1ccncc1)N(C)[C@H]2c1ccncc1. The van der Waals surface area contributed by atoms with E-state index in [0.29, 0.717) is 16.7 Å². The third-order valence-electron chi connectivity index (χ3n) is 8.33. The van der Waals surface area contributed by atoms with Crippen molar-refractivity contribution in [2.45, 2.75) is 24.8 Å². The standard InChI is InChI=1S/C30H29F3N4O5/c1-36-23(20-8-12-34-13-9-20)28(26(39)41-2)17-37(16-19-4-6-22(7-5-19)30(31,32)33)18-29(25(28)38,27(40)42-3)24(36)21-10-14-35-15-11-21/h4-15,23-24H,16-18H2,1-3H3/t23-,24+,28-,29+. The monoisotopic (exact) mass is 582 g/mol. The van der Waals surface area contributed by atoms with Gasteiger partial charge in [-0.05, 0) is 60.1 Å². The van der Waals surface area contributed by atoms with E-state index in [9.17, 15) is 27.6 Å². The van der Waals surface area contributed by atoms with Crippen molar-refractivity contribution >= 4 is 17.7 Å². The number of aromatic nitrogens is 2. The summed E-state index contributed by atoms with van der Waals surface area (Å²) in [6.45, 7) is -0.254. The minimum Gasteiger partial charge on any atom is -0.468 e. The first-order chi connectivity index (χ1) is 20.0. The summed E-state index contributed by atoms with van der Waals surface area (Å²) >= 11 is 0. The predicted molar refractivity (Wildman–Crippen MR) is 142 cm³/mol. The topological polar surface area (TPSA) is 102 Å². The molecule has 2 saturated heterocycles. The van der Waals surface area contributed by atoms with E-state index in [1.54, 1.807) is 61.0 Å². The van der Waals surface area contributed by atoms with Crippen LogP contribution >= 0.6 is 0 Å². The van der Waals surface area contributed by atoms with Gasteiger partial charge in [-0.2, -0.15) is 13.2 Å². The zero-order valence-electron chi connectivity index (χ0n) is 23.2. The van der Waals surface area contributed by atoms with Gasteiger partial charge >= 0.3 is 18.1 Å². The van der Waals surface area contributed by atoms with Crippen LogP contribution in [0.1, 0.15) is 34.3 Å². The molecule has 5 rings (SSSR count). The van der Waals surface area contributed by atoms with Crippen LogP contribution in [-0.4, -0.2) is 71.8 Å². The predicted octanol–water partition coefficient (Wildman–Crippen LogP) is 3.63. The Labute approximate surface area is 240 Å². The minimum absolute atomic E-state index is 0.0543. The molecule has 3 aromatic rings. The van der Waals surface area contributed by atoms with Crippen LogP contribution in [0.25, 0.3) is 0 Å². The normalized spacial score (nSPS) is 26.5. The molecule has 1 aromatic carbocycles. The van der Waals surface area contributed by atoms with Gasteiger partial charge in [-0.15, -0.1) is 0 Å². The van der Waals surface area contributed by atoms with E-state index in [1.807, 2.05) is 4.90 Å². The molecule has 0 N–H and O–H groups in total. The lowest BCUT2D eigenvalue weighted by molar-refractivity contribution is -0.203. The van der Waals surface area contributed by atoms with E-state index in [4.69, 9.17) is 9.47 Å². The third-order valence-corrected chi connectivity index (χ3v) is 8.33. The number of hydrogen-bond acceptors (Lipinski definition) is 9. The molecule has 0 amide bonds. The van der Waals surface area contributed by atoms with Gasteiger partial charge in [0.05, 0.1) is 31.9 Å². The average molecular weight is 583 g/mol. The average Bonchev–Trinajstić information content (AvgIpc) is 2.98. The number of alkyl halides is 3. The second-order valence-electron chi connectivity index (χ2n) is 10.6. The summed E-state index contributed by atoms with van der Waals surface area (Å²) in [7, 11) is 4.10. The molecule has 2 aliphatic rings. The third kappa shape index (κ3) is 4.54. The lowest BCUT2D eigenvalue weighted by Gasteiger charge is -2.61. The van der Waals surface area contributed by atoms with E-state index in [0.717, 1.165) is 12.1 Å². The molecule has 0 spiro atoms. The molecular weight excluding hydrogens is 553 g/mol. The van der Waals surface area contributed by atoms with Gasteiger partial charge in [-0.3, -0.25) is 34.2 Å². The first-order valence-electron chi connectivity index (χ1n) is 13.1. The molecular formula is C30H29F3N4O5. The minimum atomic E-state index is -4.50. The molecule has 4 atom stereocenters. The quantitative estimate of drug-likeness (QED) is 0.319. The molecule has 0 radical (unpaired) electrons. The number of piperidine rings is 2. The van der Waals surface area contributed by atoms with E-state index in [1.165, 1.54) is 26.4 Å². The Bertz CT molecular complexity index is 1390. The van der Waals surface area contributed by atoms with Crippen molar-refractivity contribution in [1.29, 1.82) is 0 Å². The van der Waals surface area contributed by atoms with Crippen LogP contribution in [-0.2, 0) is 36.6 Å². The number of carbonyl (C=O) groups excluding carboxylic acids is 3. The van der Waals surface area contributed by atoms with Crippen molar-refractivity contribution in [2.75, 3.05) is 34.4 Å². The Kier molecular flexibility index (Phi) is 7.62. The van der Waals surface area contributed by atoms with Gasteiger partial charge in [-0.1, -0.05) is 12.1 Å². The molecule has 4 heterocycles. The van der Waals surface area contributed by atoms with Crippen molar-refractivity contribution in [3.8, 4) is 0 Å². The van der Waals surface area contributed by atoms with Gasteiger partial charge in [-0.25, -0.2) is 0 Å². The number of ketones is 1. The maximum atomic E-state index is 14.9. The van der Waals surface area contributed by atoms with Crippen LogP contribution in [0, 0.1) is 10.8 Å². The van der Waals surface area contributed by atoms with Crippen molar-refractivity contribution < 1.29 is 37.0 Å². The molecule has 0 unspecified atom stereocenters. The lowest BCUT2D eigenvalue weighted by Crippen LogP contribution is -2.75. The summed E-state index contributed by atoms with van der Waals surface area (Å²) in [5.41, 5.74) is -2.89. The molecule has 0 aliphatic carbocycles. The highest BCUT2D eigenvalue weighted by Gasteiger charge is 2.74. The molecule has 12 heteroatoms. The molecule has 42 heavy (non-hydrogen) atoms. The number of pyridine rings is 2. The number of fused-ring (bicyclic) bond motifs is 2. The number of ether oxygens (including phenoxy) is 2.